The fraction of sp³-hybridized carbons (Fsp3) is 0.571. The number of anilines is 1. The highest BCUT2D eigenvalue weighted by Crippen LogP contribution is 2.33. The van der Waals surface area contributed by atoms with Gasteiger partial charge in [0.1, 0.15) is 0 Å². The van der Waals surface area contributed by atoms with E-state index >= 15 is 0 Å². The van der Waals surface area contributed by atoms with E-state index in [9.17, 15) is 0 Å². The molecule has 1 saturated heterocycles. The third kappa shape index (κ3) is 2.37. The minimum Gasteiger partial charge on any atom is -0.339 e. The molecule has 1 aliphatic rings. The van der Waals surface area contributed by atoms with E-state index in [2.05, 4.69) is 25.0 Å². The van der Waals surface area contributed by atoms with Crippen molar-refractivity contribution in [1.29, 1.82) is 0 Å². The molecule has 0 radical (unpaired) electrons. The molecule has 6 nitrogen and oxygen atoms in total. The lowest BCUT2D eigenvalue weighted by Crippen LogP contribution is -2.25. The fourth-order valence-corrected chi connectivity index (χ4v) is 2.47. The molecule has 0 aliphatic carbocycles. The highest BCUT2D eigenvalue weighted by atomic mass is 16.5. The Hall–Kier alpha value is -1.98. The van der Waals surface area contributed by atoms with Crippen molar-refractivity contribution in [3.8, 4) is 0 Å². The van der Waals surface area contributed by atoms with Gasteiger partial charge in [0, 0.05) is 24.4 Å². The van der Waals surface area contributed by atoms with Gasteiger partial charge in [-0.1, -0.05) is 19.0 Å². The van der Waals surface area contributed by atoms with Crippen LogP contribution in [0.5, 0.6) is 0 Å². The Labute approximate surface area is 118 Å². The molecule has 106 valence electrons. The first-order chi connectivity index (χ1) is 9.65. The second-order valence-electron chi connectivity index (χ2n) is 5.49. The summed E-state index contributed by atoms with van der Waals surface area (Å²) in [5.41, 5.74) is 0.969. The third-order valence-corrected chi connectivity index (χ3v) is 3.54. The molecule has 6 heteroatoms. The number of aromatic nitrogens is 4. The predicted molar refractivity (Wildman–Crippen MR) is 74.5 cm³/mol. The Kier molecular flexibility index (Phi) is 3.38. The highest BCUT2D eigenvalue weighted by Gasteiger charge is 2.32. The van der Waals surface area contributed by atoms with Crippen molar-refractivity contribution < 1.29 is 4.52 Å². The first kappa shape index (κ1) is 13.0. The minimum atomic E-state index is 0.119. The van der Waals surface area contributed by atoms with E-state index in [0.717, 1.165) is 36.9 Å². The van der Waals surface area contributed by atoms with Crippen molar-refractivity contribution in [2.24, 2.45) is 0 Å². The lowest BCUT2D eigenvalue weighted by molar-refractivity contribution is 0.358. The second-order valence-corrected chi connectivity index (χ2v) is 5.49. The van der Waals surface area contributed by atoms with Crippen LogP contribution in [0.15, 0.2) is 16.8 Å². The van der Waals surface area contributed by atoms with Crippen LogP contribution in [0.3, 0.4) is 0 Å². The number of rotatable bonds is 3. The maximum absolute atomic E-state index is 5.32. The summed E-state index contributed by atoms with van der Waals surface area (Å²) >= 11 is 0. The van der Waals surface area contributed by atoms with Crippen LogP contribution in [-0.2, 0) is 0 Å². The van der Waals surface area contributed by atoms with Crippen molar-refractivity contribution in [1.82, 2.24) is 20.1 Å². The Balaban J connectivity index is 1.88. The summed E-state index contributed by atoms with van der Waals surface area (Å²) in [6.07, 6.45) is 3.89. The minimum absolute atomic E-state index is 0.119. The number of aryl methyl sites for hydroxylation is 1. The van der Waals surface area contributed by atoms with Crippen LogP contribution in [-0.4, -0.2) is 26.7 Å². The fourth-order valence-electron chi connectivity index (χ4n) is 2.47. The van der Waals surface area contributed by atoms with Crippen LogP contribution in [0.25, 0.3) is 0 Å². The van der Waals surface area contributed by atoms with E-state index in [1.54, 1.807) is 6.20 Å². The van der Waals surface area contributed by atoms with Gasteiger partial charge < -0.3 is 9.42 Å². The number of nitrogens with zero attached hydrogens (tertiary/aromatic N) is 5. The summed E-state index contributed by atoms with van der Waals surface area (Å²) in [7, 11) is 0. The first-order valence-corrected chi connectivity index (χ1v) is 7.05. The summed E-state index contributed by atoms with van der Waals surface area (Å²) in [5, 5.41) is 4.13. The normalized spacial score (nSPS) is 19.0. The monoisotopic (exact) mass is 273 g/mol. The Bertz CT molecular complexity index is 595. The Morgan fingerprint density at radius 2 is 2.20 bits per heavy atom. The van der Waals surface area contributed by atoms with Crippen LogP contribution in [0, 0.1) is 6.92 Å². The summed E-state index contributed by atoms with van der Waals surface area (Å²) in [5.74, 6) is 2.44. The molecule has 2 aromatic rings. The molecule has 0 bridgehead atoms. The summed E-state index contributed by atoms with van der Waals surface area (Å²) in [6.45, 7) is 7.00. The van der Waals surface area contributed by atoms with Gasteiger partial charge in [-0.15, -0.1) is 0 Å². The van der Waals surface area contributed by atoms with Gasteiger partial charge in [-0.25, -0.2) is 9.97 Å². The SMILES string of the molecule is Cc1ccnc(N2CCC[C@@H]2c2noc(C(C)C)n2)n1. The second kappa shape index (κ2) is 5.19. The van der Waals surface area contributed by atoms with Gasteiger partial charge in [-0.3, -0.25) is 0 Å². The molecule has 0 saturated carbocycles. The predicted octanol–water partition coefficient (Wildman–Crippen LogP) is 2.63. The van der Waals surface area contributed by atoms with E-state index in [-0.39, 0.29) is 12.0 Å². The molecule has 1 aliphatic heterocycles. The lowest BCUT2D eigenvalue weighted by atomic mass is 10.2. The topological polar surface area (TPSA) is 67.9 Å². The standard InChI is InChI=1S/C14H19N5O/c1-9(2)13-17-12(18-20-13)11-5-4-8-19(11)14-15-7-6-10(3)16-14/h6-7,9,11H,4-5,8H2,1-3H3/t11-/m1/s1. The zero-order valence-electron chi connectivity index (χ0n) is 12.1. The third-order valence-electron chi connectivity index (χ3n) is 3.54. The van der Waals surface area contributed by atoms with Crippen LogP contribution >= 0.6 is 0 Å². The van der Waals surface area contributed by atoms with E-state index in [1.807, 2.05) is 26.8 Å². The van der Waals surface area contributed by atoms with Crippen molar-refractivity contribution in [3.05, 3.63) is 29.7 Å². The van der Waals surface area contributed by atoms with E-state index in [1.165, 1.54) is 0 Å². The largest absolute Gasteiger partial charge is 0.339 e. The Morgan fingerprint density at radius 1 is 1.35 bits per heavy atom. The molecular formula is C14H19N5O. The van der Waals surface area contributed by atoms with Crippen molar-refractivity contribution in [3.63, 3.8) is 0 Å². The maximum Gasteiger partial charge on any atom is 0.229 e. The molecule has 0 aromatic carbocycles. The molecule has 0 amide bonds. The molecule has 3 rings (SSSR count). The van der Waals surface area contributed by atoms with E-state index in [4.69, 9.17) is 4.52 Å². The van der Waals surface area contributed by atoms with E-state index < -0.39 is 0 Å². The molecule has 2 aromatic heterocycles. The average molecular weight is 273 g/mol. The van der Waals surface area contributed by atoms with Gasteiger partial charge in [0.25, 0.3) is 0 Å². The Morgan fingerprint density at radius 3 is 2.90 bits per heavy atom. The zero-order valence-corrected chi connectivity index (χ0v) is 12.1. The van der Waals surface area contributed by atoms with Crippen LogP contribution < -0.4 is 4.90 Å². The number of hydrogen-bond donors (Lipinski definition) is 0. The molecule has 3 heterocycles. The molecule has 0 N–H and O–H groups in total. The smallest absolute Gasteiger partial charge is 0.229 e. The summed E-state index contributed by atoms with van der Waals surface area (Å²) in [6, 6.07) is 2.02. The molecule has 0 unspecified atom stereocenters. The van der Waals surface area contributed by atoms with Crippen LogP contribution in [0.2, 0.25) is 0 Å². The average Bonchev–Trinajstić information content (AvgIpc) is 3.07. The molecule has 1 fully saturated rings. The van der Waals surface area contributed by atoms with Crippen molar-refractivity contribution >= 4 is 5.95 Å². The zero-order chi connectivity index (χ0) is 14.1. The molecule has 1 atom stereocenters. The van der Waals surface area contributed by atoms with Crippen molar-refractivity contribution in [2.75, 3.05) is 11.4 Å². The molecule has 0 spiro atoms. The van der Waals surface area contributed by atoms with Crippen LogP contribution in [0.1, 0.15) is 56.1 Å². The lowest BCUT2D eigenvalue weighted by Gasteiger charge is -2.22. The number of hydrogen-bond acceptors (Lipinski definition) is 6. The summed E-state index contributed by atoms with van der Waals surface area (Å²) < 4.78 is 5.32. The molecular weight excluding hydrogens is 254 g/mol. The maximum atomic E-state index is 5.32. The van der Waals surface area contributed by atoms with Gasteiger partial charge in [0.15, 0.2) is 5.82 Å². The van der Waals surface area contributed by atoms with E-state index in [0.29, 0.717) is 5.89 Å². The first-order valence-electron chi connectivity index (χ1n) is 7.05. The highest BCUT2D eigenvalue weighted by molar-refractivity contribution is 5.35. The summed E-state index contributed by atoms with van der Waals surface area (Å²) in [4.78, 5) is 15.6. The van der Waals surface area contributed by atoms with Crippen LogP contribution in [0.4, 0.5) is 5.95 Å². The van der Waals surface area contributed by atoms with Crippen molar-refractivity contribution in [2.45, 2.75) is 45.6 Å². The van der Waals surface area contributed by atoms with Gasteiger partial charge in [0.05, 0.1) is 6.04 Å². The van der Waals surface area contributed by atoms with Gasteiger partial charge in [0.2, 0.25) is 11.8 Å². The van der Waals surface area contributed by atoms with Gasteiger partial charge >= 0.3 is 0 Å². The van der Waals surface area contributed by atoms with Gasteiger partial charge in [-0.2, -0.15) is 4.98 Å². The van der Waals surface area contributed by atoms with Gasteiger partial charge in [-0.05, 0) is 25.8 Å². The molecule has 20 heavy (non-hydrogen) atoms. The quantitative estimate of drug-likeness (QED) is 0.856.